The third-order valence-corrected chi connectivity index (χ3v) is 1.49. The van der Waals surface area contributed by atoms with E-state index in [9.17, 15) is 4.57 Å². The molecule has 0 rings (SSSR count). The minimum atomic E-state index is -1.15. The molecule has 0 aromatic heterocycles. The Kier molecular flexibility index (Phi) is 5.60. The molecular weight excluding hydrogens is 167 g/mol. The Morgan fingerprint density at radius 3 is 2.00 bits per heavy atom. The minimum Gasteiger partial charge on any atom is -0.325 e. The summed E-state index contributed by atoms with van der Waals surface area (Å²) in [7, 11) is -0.871. The Bertz CT molecular complexity index is 111. The Morgan fingerprint density at radius 2 is 1.73 bits per heavy atom. The monoisotopic (exact) mass is 181 g/mol. The number of hydrogen-bond donors (Lipinski definition) is 0. The normalized spacial score (nSPS) is 12.3. The summed E-state index contributed by atoms with van der Waals surface area (Å²) in [6.45, 7) is 6.13. The van der Waals surface area contributed by atoms with Crippen molar-refractivity contribution in [2.75, 3.05) is 13.2 Å². The summed E-state index contributed by atoms with van der Waals surface area (Å²) in [5.41, 5.74) is 0. The van der Waals surface area contributed by atoms with E-state index in [0.717, 1.165) is 0 Å². The Hall–Kier alpha value is -0.0200. The predicted molar refractivity (Wildman–Crippen MR) is 41.7 cm³/mol. The van der Waals surface area contributed by atoms with Crippen molar-refractivity contribution in [3.8, 4) is 0 Å². The third-order valence-electron chi connectivity index (χ3n) is 1.04. The highest BCUT2D eigenvalue weighted by atomic mass is 31.1. The summed E-state index contributed by atoms with van der Waals surface area (Å²) in [6, 6.07) is 0. The zero-order chi connectivity index (χ0) is 8.74. The second kappa shape index (κ2) is 5.61. The highest BCUT2D eigenvalue weighted by molar-refractivity contribution is 7.17. The van der Waals surface area contributed by atoms with Crippen LogP contribution in [0, 0.1) is 0 Å². The molecule has 0 fully saturated rings. The minimum absolute atomic E-state index is 0.459. The Labute approximate surface area is 68.1 Å². The highest BCUT2D eigenvalue weighted by Crippen LogP contribution is 2.19. The molecule has 0 aliphatic heterocycles. The molecular formula is C6H14O4P+. The smallest absolute Gasteiger partial charge is 0.325 e. The molecule has 4 nitrogen and oxygen atoms in total. The summed E-state index contributed by atoms with van der Waals surface area (Å²) in [5, 5.41) is 0. The molecule has 0 radical (unpaired) electrons. The van der Waals surface area contributed by atoms with Crippen molar-refractivity contribution >= 4 is 8.69 Å². The zero-order valence-corrected chi connectivity index (χ0v) is 8.05. The highest BCUT2D eigenvalue weighted by Gasteiger charge is 2.30. The van der Waals surface area contributed by atoms with E-state index in [1.54, 1.807) is 6.92 Å². The molecule has 0 N–H and O–H groups in total. The zero-order valence-electron chi connectivity index (χ0n) is 7.05. The molecule has 0 spiro atoms. The van der Waals surface area contributed by atoms with Crippen molar-refractivity contribution in [2.24, 2.45) is 0 Å². The first-order chi connectivity index (χ1) is 5.18. The molecule has 0 aliphatic rings. The van der Waals surface area contributed by atoms with Gasteiger partial charge in [0, 0.05) is 20.1 Å². The molecule has 0 bridgehead atoms. The first-order valence-electron chi connectivity index (χ1n) is 3.51. The van der Waals surface area contributed by atoms with Gasteiger partial charge in [0.2, 0.25) is 0 Å². The molecule has 11 heavy (non-hydrogen) atoms. The Morgan fingerprint density at radius 1 is 1.27 bits per heavy atom. The summed E-state index contributed by atoms with van der Waals surface area (Å²) in [4.78, 5) is 0. The maximum absolute atomic E-state index is 10.1. The summed E-state index contributed by atoms with van der Waals surface area (Å²) >= 11 is 0. The molecule has 5 heteroatoms. The van der Waals surface area contributed by atoms with Gasteiger partial charge in [-0.05, 0) is 18.4 Å². The van der Waals surface area contributed by atoms with Gasteiger partial charge in [0.05, 0.1) is 0 Å². The molecule has 0 amide bonds. The van der Waals surface area contributed by atoms with E-state index >= 15 is 0 Å². The molecule has 0 aromatic rings. The van der Waals surface area contributed by atoms with Gasteiger partial charge in [-0.15, -0.1) is 0 Å². The lowest BCUT2D eigenvalue weighted by molar-refractivity contribution is -0.325. The topological polar surface area (TPSA) is 44.8 Å². The van der Waals surface area contributed by atoms with Gasteiger partial charge < -0.3 is 9.47 Å². The van der Waals surface area contributed by atoms with Gasteiger partial charge in [-0.1, -0.05) is 4.52 Å². The fourth-order valence-electron chi connectivity index (χ4n) is 0.701. The van der Waals surface area contributed by atoms with Crippen LogP contribution >= 0.6 is 8.69 Å². The first-order valence-corrected chi connectivity index (χ1v) is 4.33. The maximum atomic E-state index is 10.1. The number of ether oxygens (including phenoxy) is 2. The first kappa shape index (κ1) is 11.0. The van der Waals surface area contributed by atoms with Crippen molar-refractivity contribution in [3.05, 3.63) is 0 Å². The molecule has 66 valence electrons. The fourth-order valence-corrected chi connectivity index (χ4v) is 0.970. The number of rotatable bonds is 6. The lowest BCUT2D eigenvalue weighted by Crippen LogP contribution is -2.32. The van der Waals surface area contributed by atoms with E-state index in [-0.39, 0.29) is 0 Å². The van der Waals surface area contributed by atoms with Crippen LogP contribution in [0.1, 0.15) is 20.8 Å². The average Bonchev–Trinajstić information content (AvgIpc) is 1.88. The van der Waals surface area contributed by atoms with Gasteiger partial charge in [0.25, 0.3) is 0 Å². The van der Waals surface area contributed by atoms with E-state index in [2.05, 4.69) is 0 Å². The van der Waals surface area contributed by atoms with Crippen LogP contribution < -0.4 is 0 Å². The van der Waals surface area contributed by atoms with Crippen molar-refractivity contribution in [1.82, 2.24) is 0 Å². The van der Waals surface area contributed by atoms with Gasteiger partial charge in [0.15, 0.2) is 0 Å². The van der Waals surface area contributed by atoms with Crippen molar-refractivity contribution in [3.63, 3.8) is 0 Å². The summed E-state index contributed by atoms with van der Waals surface area (Å²) < 4.78 is 25.0. The lowest BCUT2D eigenvalue weighted by atomic mass is 10.6. The lowest BCUT2D eigenvalue weighted by Gasteiger charge is -2.21. The molecule has 0 heterocycles. The van der Waals surface area contributed by atoms with Crippen molar-refractivity contribution < 1.29 is 18.6 Å². The fraction of sp³-hybridized carbons (Fsp3) is 1.00. The van der Waals surface area contributed by atoms with E-state index in [4.69, 9.17) is 14.0 Å². The van der Waals surface area contributed by atoms with Crippen LogP contribution in [-0.4, -0.2) is 19.2 Å². The van der Waals surface area contributed by atoms with E-state index in [1.807, 2.05) is 13.8 Å². The van der Waals surface area contributed by atoms with Gasteiger partial charge in [0.1, 0.15) is 0 Å². The second-order valence-corrected chi connectivity index (χ2v) is 2.28. The summed E-state index contributed by atoms with van der Waals surface area (Å²) in [6.07, 6.45) is 0. The quantitative estimate of drug-likeness (QED) is 0.462. The second-order valence-electron chi connectivity index (χ2n) is 1.91. The van der Waals surface area contributed by atoms with Crippen molar-refractivity contribution in [2.45, 2.75) is 26.7 Å². The molecule has 0 aliphatic carbocycles. The third kappa shape index (κ3) is 4.43. The summed E-state index contributed by atoms with van der Waals surface area (Å²) in [5.74, 6) is -1.15. The van der Waals surface area contributed by atoms with Gasteiger partial charge >= 0.3 is 14.7 Å². The molecule has 1 unspecified atom stereocenters. The average molecular weight is 181 g/mol. The van der Waals surface area contributed by atoms with E-state index in [0.29, 0.717) is 13.2 Å². The molecule has 0 aromatic carbocycles. The van der Waals surface area contributed by atoms with Crippen LogP contribution in [0.3, 0.4) is 0 Å². The van der Waals surface area contributed by atoms with Gasteiger partial charge in [-0.2, -0.15) is 0 Å². The SMILES string of the molecule is CCOC(C)(OCC)O[PH+]=O. The molecule has 1 atom stereocenters. The number of hydrogen-bond acceptors (Lipinski definition) is 4. The molecule has 0 saturated carbocycles. The van der Waals surface area contributed by atoms with Gasteiger partial charge in [-0.3, -0.25) is 0 Å². The predicted octanol–water partition coefficient (Wildman–Crippen LogP) is 1.69. The standard InChI is InChI=1S/C6H14O4P/c1-4-8-6(3,9-5-2)10-11-7/h11H,4-5H2,1-3H3/q+1. The van der Waals surface area contributed by atoms with Crippen LogP contribution in [-0.2, 0) is 18.6 Å². The van der Waals surface area contributed by atoms with E-state index < -0.39 is 14.7 Å². The van der Waals surface area contributed by atoms with Crippen LogP contribution in [0.15, 0.2) is 0 Å². The largest absolute Gasteiger partial charge is 0.499 e. The Balaban J connectivity index is 3.88. The maximum Gasteiger partial charge on any atom is 0.499 e. The molecule has 0 saturated heterocycles. The van der Waals surface area contributed by atoms with Gasteiger partial charge in [-0.25, -0.2) is 0 Å². The van der Waals surface area contributed by atoms with Crippen molar-refractivity contribution in [1.29, 1.82) is 0 Å². The van der Waals surface area contributed by atoms with Crippen LogP contribution in [0.2, 0.25) is 0 Å². The van der Waals surface area contributed by atoms with Crippen LogP contribution in [0.4, 0.5) is 0 Å². The van der Waals surface area contributed by atoms with E-state index in [1.165, 1.54) is 0 Å². The van der Waals surface area contributed by atoms with Crippen LogP contribution in [0.25, 0.3) is 0 Å². The van der Waals surface area contributed by atoms with Crippen LogP contribution in [0.5, 0.6) is 0 Å².